The van der Waals surface area contributed by atoms with Gasteiger partial charge in [0.05, 0.1) is 10.6 Å². The first-order valence-electron chi connectivity index (χ1n) is 7.23. The van der Waals surface area contributed by atoms with E-state index in [-0.39, 0.29) is 10.6 Å². The molecule has 1 heterocycles. The van der Waals surface area contributed by atoms with Crippen molar-refractivity contribution in [1.82, 2.24) is 9.97 Å². The summed E-state index contributed by atoms with van der Waals surface area (Å²) < 4.78 is 53.3. The standard InChI is InChI=1S/C17H13F2N3O2S/c1-11-20-8-7-17(21-11)12-3-2-4-13(9-12)22-25(23,24)14-5-6-15(18)16(19)10-14/h2-10,22H,1H3. The molecular weight excluding hydrogens is 348 g/mol. The van der Waals surface area contributed by atoms with Crippen LogP contribution >= 0.6 is 0 Å². The quantitative estimate of drug-likeness (QED) is 0.772. The maximum absolute atomic E-state index is 13.3. The molecule has 0 bridgehead atoms. The lowest BCUT2D eigenvalue weighted by Gasteiger charge is -2.10. The molecule has 0 saturated carbocycles. The lowest BCUT2D eigenvalue weighted by Crippen LogP contribution is -2.13. The summed E-state index contributed by atoms with van der Waals surface area (Å²) in [6, 6.07) is 10.7. The molecule has 3 rings (SSSR count). The average molecular weight is 361 g/mol. The highest BCUT2D eigenvalue weighted by atomic mass is 32.2. The third-order valence-corrected chi connectivity index (χ3v) is 4.77. The van der Waals surface area contributed by atoms with Crippen LogP contribution in [0.25, 0.3) is 11.3 Å². The molecule has 1 aromatic heterocycles. The van der Waals surface area contributed by atoms with Crippen molar-refractivity contribution in [2.75, 3.05) is 4.72 Å². The Bertz CT molecular complexity index is 1040. The summed E-state index contributed by atoms with van der Waals surface area (Å²) in [5, 5.41) is 0. The van der Waals surface area contributed by atoms with Gasteiger partial charge in [-0.3, -0.25) is 4.72 Å². The number of aryl methyl sites for hydroxylation is 1. The van der Waals surface area contributed by atoms with Crippen molar-refractivity contribution in [1.29, 1.82) is 0 Å². The summed E-state index contributed by atoms with van der Waals surface area (Å²) in [5.74, 6) is -1.75. The fourth-order valence-electron chi connectivity index (χ4n) is 2.22. The summed E-state index contributed by atoms with van der Waals surface area (Å²) in [5.41, 5.74) is 1.61. The molecule has 0 atom stereocenters. The number of hydrogen-bond donors (Lipinski definition) is 1. The smallest absolute Gasteiger partial charge is 0.261 e. The van der Waals surface area contributed by atoms with Gasteiger partial charge in [-0.2, -0.15) is 0 Å². The van der Waals surface area contributed by atoms with Gasteiger partial charge >= 0.3 is 0 Å². The third-order valence-electron chi connectivity index (χ3n) is 3.39. The second kappa shape index (κ2) is 6.56. The molecule has 1 N–H and O–H groups in total. The molecule has 0 spiro atoms. The summed E-state index contributed by atoms with van der Waals surface area (Å²) in [6.07, 6.45) is 1.61. The molecule has 0 aliphatic rings. The predicted molar refractivity (Wildman–Crippen MR) is 89.4 cm³/mol. The van der Waals surface area contributed by atoms with E-state index in [0.717, 1.165) is 12.1 Å². The van der Waals surface area contributed by atoms with Crippen molar-refractivity contribution in [3.8, 4) is 11.3 Å². The van der Waals surface area contributed by atoms with E-state index in [9.17, 15) is 17.2 Å². The van der Waals surface area contributed by atoms with Crippen LogP contribution < -0.4 is 4.72 Å². The van der Waals surface area contributed by atoms with Gasteiger partial charge in [0.15, 0.2) is 11.6 Å². The van der Waals surface area contributed by atoms with Crippen molar-refractivity contribution in [3.63, 3.8) is 0 Å². The minimum absolute atomic E-state index is 0.276. The van der Waals surface area contributed by atoms with Crippen LogP contribution in [0.2, 0.25) is 0 Å². The van der Waals surface area contributed by atoms with Crippen LogP contribution in [0.1, 0.15) is 5.82 Å². The van der Waals surface area contributed by atoms with Crippen LogP contribution in [-0.4, -0.2) is 18.4 Å². The van der Waals surface area contributed by atoms with E-state index < -0.39 is 21.7 Å². The molecule has 0 unspecified atom stereocenters. The van der Waals surface area contributed by atoms with E-state index in [1.54, 1.807) is 43.5 Å². The van der Waals surface area contributed by atoms with Crippen LogP contribution in [0.5, 0.6) is 0 Å². The number of aromatic nitrogens is 2. The molecule has 128 valence electrons. The number of nitrogens with zero attached hydrogens (tertiary/aromatic N) is 2. The second-order valence-electron chi connectivity index (χ2n) is 5.25. The second-order valence-corrected chi connectivity index (χ2v) is 6.93. The number of sulfonamides is 1. The lowest BCUT2D eigenvalue weighted by molar-refractivity contribution is 0.504. The number of rotatable bonds is 4. The Hall–Kier alpha value is -2.87. The first-order chi connectivity index (χ1) is 11.8. The van der Waals surface area contributed by atoms with E-state index in [1.165, 1.54) is 0 Å². The highest BCUT2D eigenvalue weighted by molar-refractivity contribution is 7.92. The summed E-state index contributed by atoms with van der Waals surface area (Å²) >= 11 is 0. The zero-order valence-corrected chi connectivity index (χ0v) is 13.9. The summed E-state index contributed by atoms with van der Waals surface area (Å²) in [7, 11) is -4.05. The number of nitrogens with one attached hydrogen (secondary N) is 1. The van der Waals surface area contributed by atoms with Crippen molar-refractivity contribution in [2.24, 2.45) is 0 Å². The van der Waals surface area contributed by atoms with Crippen LogP contribution in [0.4, 0.5) is 14.5 Å². The molecular formula is C17H13F2N3O2S. The number of benzene rings is 2. The van der Waals surface area contributed by atoms with Gasteiger partial charge in [0, 0.05) is 17.4 Å². The zero-order valence-electron chi connectivity index (χ0n) is 13.1. The van der Waals surface area contributed by atoms with E-state index in [2.05, 4.69) is 14.7 Å². The van der Waals surface area contributed by atoms with E-state index in [4.69, 9.17) is 0 Å². The molecule has 0 radical (unpaired) electrons. The van der Waals surface area contributed by atoms with Gasteiger partial charge < -0.3 is 0 Å². The monoisotopic (exact) mass is 361 g/mol. The first-order valence-corrected chi connectivity index (χ1v) is 8.71. The maximum Gasteiger partial charge on any atom is 0.261 e. The fourth-order valence-corrected chi connectivity index (χ4v) is 3.28. The Morgan fingerprint density at radius 3 is 2.52 bits per heavy atom. The van der Waals surface area contributed by atoms with Gasteiger partial charge in [-0.1, -0.05) is 12.1 Å². The Labute approximate surface area is 143 Å². The third kappa shape index (κ3) is 3.80. The SMILES string of the molecule is Cc1nccc(-c2cccc(NS(=O)(=O)c3ccc(F)c(F)c3)c2)n1. The van der Waals surface area contributed by atoms with Gasteiger partial charge in [-0.15, -0.1) is 0 Å². The lowest BCUT2D eigenvalue weighted by atomic mass is 10.1. The molecule has 5 nitrogen and oxygen atoms in total. The molecule has 8 heteroatoms. The van der Waals surface area contributed by atoms with Crippen LogP contribution in [0.15, 0.2) is 59.6 Å². The molecule has 3 aromatic rings. The van der Waals surface area contributed by atoms with Gasteiger partial charge in [0.1, 0.15) is 5.82 Å². The van der Waals surface area contributed by atoms with Gasteiger partial charge in [0.2, 0.25) is 0 Å². The van der Waals surface area contributed by atoms with Gasteiger partial charge in [0.25, 0.3) is 10.0 Å². The number of anilines is 1. The molecule has 0 fully saturated rings. The zero-order chi connectivity index (χ0) is 18.0. The Kier molecular flexibility index (Phi) is 4.45. The molecule has 25 heavy (non-hydrogen) atoms. The van der Waals surface area contributed by atoms with Crippen LogP contribution in [0.3, 0.4) is 0 Å². The molecule has 2 aromatic carbocycles. The first kappa shape index (κ1) is 17.0. The summed E-state index contributed by atoms with van der Waals surface area (Å²) in [4.78, 5) is 7.93. The van der Waals surface area contributed by atoms with Gasteiger partial charge in [-0.05, 0) is 43.3 Å². The Balaban J connectivity index is 1.92. The van der Waals surface area contributed by atoms with Crippen molar-refractivity contribution >= 4 is 15.7 Å². The average Bonchev–Trinajstić information content (AvgIpc) is 2.57. The fraction of sp³-hybridized carbons (Fsp3) is 0.0588. The minimum atomic E-state index is -4.05. The molecule has 0 aliphatic carbocycles. The minimum Gasteiger partial charge on any atom is -0.280 e. The van der Waals surface area contributed by atoms with E-state index >= 15 is 0 Å². The number of hydrogen-bond acceptors (Lipinski definition) is 4. The largest absolute Gasteiger partial charge is 0.280 e. The van der Waals surface area contributed by atoms with Crippen molar-refractivity contribution in [3.05, 3.63) is 72.2 Å². The van der Waals surface area contributed by atoms with Crippen LogP contribution in [0, 0.1) is 18.6 Å². The Morgan fingerprint density at radius 2 is 1.80 bits per heavy atom. The molecule has 0 aliphatic heterocycles. The highest BCUT2D eigenvalue weighted by Crippen LogP contribution is 2.23. The van der Waals surface area contributed by atoms with Crippen molar-refractivity contribution in [2.45, 2.75) is 11.8 Å². The predicted octanol–water partition coefficient (Wildman–Crippen LogP) is 3.53. The molecule has 0 amide bonds. The van der Waals surface area contributed by atoms with E-state index in [0.29, 0.717) is 23.1 Å². The Morgan fingerprint density at radius 1 is 1.00 bits per heavy atom. The normalized spacial score (nSPS) is 11.3. The topological polar surface area (TPSA) is 72.0 Å². The van der Waals surface area contributed by atoms with E-state index in [1.807, 2.05) is 0 Å². The maximum atomic E-state index is 13.3. The van der Waals surface area contributed by atoms with Gasteiger partial charge in [-0.25, -0.2) is 27.2 Å². The summed E-state index contributed by atoms with van der Waals surface area (Å²) in [6.45, 7) is 1.75. The highest BCUT2D eigenvalue weighted by Gasteiger charge is 2.17. The number of halogens is 2. The van der Waals surface area contributed by atoms with Crippen molar-refractivity contribution < 1.29 is 17.2 Å². The molecule has 0 saturated heterocycles. The van der Waals surface area contributed by atoms with Crippen LogP contribution in [-0.2, 0) is 10.0 Å².